The van der Waals surface area contributed by atoms with Crippen LogP contribution >= 0.6 is 0 Å². The SMILES string of the molecule is COC(=O)C(CCCNC(=N)N)NC(=O)C(NC(=O)C(Cc1ccc(C(=N)N)cc1)C(=O)N(C)Cc1ccccc1)C1CCCCC1.O=C(O)C(F)(F)F. The van der Waals surface area contributed by atoms with Gasteiger partial charge in [-0.25, -0.2) is 9.59 Å². The number of carboxylic acids is 1. The molecule has 2 aromatic carbocycles. The summed E-state index contributed by atoms with van der Waals surface area (Å²) in [5.74, 6) is -6.52. The Morgan fingerprint density at radius 1 is 0.926 bits per heavy atom. The summed E-state index contributed by atoms with van der Waals surface area (Å²) in [5.41, 5.74) is 13.1. The van der Waals surface area contributed by atoms with E-state index in [1.54, 1.807) is 31.3 Å². The van der Waals surface area contributed by atoms with Crippen LogP contribution in [0.25, 0.3) is 0 Å². The topological polar surface area (TPSA) is 254 Å². The van der Waals surface area contributed by atoms with Gasteiger partial charge in [0.05, 0.1) is 7.11 Å². The monoisotopic (exact) mass is 762 g/mol. The van der Waals surface area contributed by atoms with Crippen LogP contribution < -0.4 is 27.4 Å². The van der Waals surface area contributed by atoms with E-state index in [0.717, 1.165) is 24.8 Å². The maximum absolute atomic E-state index is 14.1. The summed E-state index contributed by atoms with van der Waals surface area (Å²) in [6.45, 7) is 0.619. The summed E-state index contributed by atoms with van der Waals surface area (Å²) in [6, 6.07) is 14.3. The molecule has 0 bridgehead atoms. The van der Waals surface area contributed by atoms with Gasteiger partial charge in [0.25, 0.3) is 0 Å². The van der Waals surface area contributed by atoms with Gasteiger partial charge in [0.2, 0.25) is 17.7 Å². The van der Waals surface area contributed by atoms with Crippen LogP contribution in [0.4, 0.5) is 13.2 Å². The molecule has 2 aromatic rings. The molecule has 0 aliphatic heterocycles. The lowest BCUT2D eigenvalue weighted by atomic mass is 9.83. The van der Waals surface area contributed by atoms with Gasteiger partial charge in [0.15, 0.2) is 5.96 Å². The number of nitrogens with zero attached hydrogens (tertiary/aromatic N) is 1. The molecule has 1 aliphatic carbocycles. The Kier molecular flexibility index (Phi) is 17.9. The van der Waals surface area contributed by atoms with E-state index in [1.807, 2.05) is 30.3 Å². The van der Waals surface area contributed by atoms with Crippen LogP contribution in [0, 0.1) is 22.7 Å². The lowest BCUT2D eigenvalue weighted by Gasteiger charge is -2.32. The van der Waals surface area contributed by atoms with Gasteiger partial charge >= 0.3 is 18.1 Å². The van der Waals surface area contributed by atoms with Crippen molar-refractivity contribution in [1.29, 1.82) is 10.8 Å². The summed E-state index contributed by atoms with van der Waals surface area (Å²) in [4.78, 5) is 64.9. The molecule has 1 saturated carbocycles. The fraction of sp³-hybridized carbons (Fsp3) is 0.472. The molecule has 54 heavy (non-hydrogen) atoms. The van der Waals surface area contributed by atoms with E-state index in [0.29, 0.717) is 43.5 Å². The summed E-state index contributed by atoms with van der Waals surface area (Å²) >= 11 is 0. The number of hydrogen-bond acceptors (Lipinski definition) is 8. The van der Waals surface area contributed by atoms with Gasteiger partial charge in [-0.05, 0) is 49.1 Å². The van der Waals surface area contributed by atoms with Crippen LogP contribution in [-0.4, -0.2) is 90.4 Å². The molecule has 3 unspecified atom stereocenters. The lowest BCUT2D eigenvalue weighted by Crippen LogP contribution is -2.57. The van der Waals surface area contributed by atoms with E-state index in [9.17, 15) is 32.3 Å². The minimum atomic E-state index is -5.08. The number of carboxylic acid groups (broad SMARTS) is 1. The van der Waals surface area contributed by atoms with Gasteiger partial charge in [0.1, 0.15) is 23.8 Å². The molecule has 3 amide bonds. The van der Waals surface area contributed by atoms with Crippen molar-refractivity contribution in [3.8, 4) is 0 Å². The maximum atomic E-state index is 14.1. The number of halogens is 3. The van der Waals surface area contributed by atoms with Gasteiger partial charge in [-0.3, -0.25) is 25.2 Å². The summed E-state index contributed by atoms with van der Waals surface area (Å²) in [5, 5.41) is 30.5. The molecule has 15 nitrogen and oxygen atoms in total. The highest BCUT2D eigenvalue weighted by molar-refractivity contribution is 6.02. The molecular weight excluding hydrogens is 713 g/mol. The number of guanidine groups is 1. The first-order chi connectivity index (χ1) is 25.4. The third kappa shape index (κ3) is 15.1. The highest BCUT2D eigenvalue weighted by Gasteiger charge is 2.39. The lowest BCUT2D eigenvalue weighted by molar-refractivity contribution is -0.192. The number of ether oxygens (including phenoxy) is 1. The molecule has 0 heterocycles. The van der Waals surface area contributed by atoms with Crippen molar-refractivity contribution in [2.75, 3.05) is 20.7 Å². The highest BCUT2D eigenvalue weighted by Crippen LogP contribution is 2.27. The second-order valence-electron chi connectivity index (χ2n) is 12.8. The van der Waals surface area contributed by atoms with Gasteiger partial charge in [0, 0.05) is 25.7 Å². The maximum Gasteiger partial charge on any atom is 0.490 e. The van der Waals surface area contributed by atoms with Crippen molar-refractivity contribution in [3.05, 3.63) is 71.3 Å². The first-order valence-corrected chi connectivity index (χ1v) is 17.2. The molecule has 1 aliphatic rings. The van der Waals surface area contributed by atoms with Crippen LogP contribution in [-0.2, 0) is 41.7 Å². The molecule has 3 atom stereocenters. The number of aliphatic carboxylic acids is 1. The molecule has 10 N–H and O–H groups in total. The minimum absolute atomic E-state index is 0.0644. The van der Waals surface area contributed by atoms with E-state index < -0.39 is 53.8 Å². The molecule has 296 valence electrons. The number of hydrogen-bond donors (Lipinski definition) is 8. The number of carbonyl (C=O) groups excluding carboxylic acids is 4. The molecule has 0 aromatic heterocycles. The first kappa shape index (κ1) is 44.5. The minimum Gasteiger partial charge on any atom is -0.475 e. The zero-order chi connectivity index (χ0) is 40.4. The van der Waals surface area contributed by atoms with Gasteiger partial charge in [-0.2, -0.15) is 13.2 Å². The van der Waals surface area contributed by atoms with Crippen molar-refractivity contribution >= 4 is 41.5 Å². The van der Waals surface area contributed by atoms with Gasteiger partial charge in [-0.1, -0.05) is 73.9 Å². The fourth-order valence-corrected chi connectivity index (χ4v) is 5.85. The Hall–Kier alpha value is -5.68. The van der Waals surface area contributed by atoms with Crippen molar-refractivity contribution < 1.29 is 47.0 Å². The second kappa shape index (κ2) is 21.8. The number of rotatable bonds is 16. The average molecular weight is 763 g/mol. The van der Waals surface area contributed by atoms with Crippen LogP contribution in [0.1, 0.15) is 61.6 Å². The third-order valence-corrected chi connectivity index (χ3v) is 8.69. The predicted molar refractivity (Wildman–Crippen MR) is 193 cm³/mol. The van der Waals surface area contributed by atoms with E-state index in [-0.39, 0.29) is 30.6 Å². The number of benzene rings is 2. The summed E-state index contributed by atoms with van der Waals surface area (Å²) in [6.07, 6.45) is -0.133. The van der Waals surface area contributed by atoms with Crippen molar-refractivity contribution in [1.82, 2.24) is 20.9 Å². The van der Waals surface area contributed by atoms with Crippen molar-refractivity contribution in [2.45, 2.75) is 76.2 Å². The van der Waals surface area contributed by atoms with E-state index in [4.69, 9.17) is 36.9 Å². The summed E-state index contributed by atoms with van der Waals surface area (Å²) in [7, 11) is 2.88. The Morgan fingerprint density at radius 3 is 2.04 bits per heavy atom. The first-order valence-electron chi connectivity index (χ1n) is 17.2. The summed E-state index contributed by atoms with van der Waals surface area (Å²) < 4.78 is 36.7. The zero-order valence-corrected chi connectivity index (χ0v) is 30.2. The fourth-order valence-electron chi connectivity index (χ4n) is 5.85. The van der Waals surface area contributed by atoms with Gasteiger partial charge < -0.3 is 42.2 Å². The number of methoxy groups -OCH3 is 1. The number of nitrogen functional groups attached to an aromatic ring is 1. The van der Waals surface area contributed by atoms with E-state index in [2.05, 4.69) is 16.0 Å². The van der Waals surface area contributed by atoms with Crippen LogP contribution in [0.2, 0.25) is 0 Å². The molecule has 0 spiro atoms. The van der Waals surface area contributed by atoms with Crippen molar-refractivity contribution in [2.24, 2.45) is 23.3 Å². The van der Waals surface area contributed by atoms with Crippen molar-refractivity contribution in [3.63, 3.8) is 0 Å². The largest absolute Gasteiger partial charge is 0.490 e. The molecule has 3 rings (SSSR count). The van der Waals surface area contributed by atoms with Crippen LogP contribution in [0.5, 0.6) is 0 Å². The Morgan fingerprint density at radius 2 is 1.52 bits per heavy atom. The number of amides is 3. The normalized spacial score (nSPS) is 14.5. The van der Waals surface area contributed by atoms with Crippen LogP contribution in [0.3, 0.4) is 0 Å². The second-order valence-corrected chi connectivity index (χ2v) is 12.8. The molecule has 0 saturated heterocycles. The van der Waals surface area contributed by atoms with Gasteiger partial charge in [-0.15, -0.1) is 0 Å². The van der Waals surface area contributed by atoms with E-state index >= 15 is 0 Å². The average Bonchev–Trinajstić information content (AvgIpc) is 3.13. The molecule has 1 fully saturated rings. The number of nitrogens with one attached hydrogen (secondary N) is 5. The molecule has 0 radical (unpaired) electrons. The number of amidine groups is 1. The number of esters is 1. The molecule has 18 heteroatoms. The zero-order valence-electron chi connectivity index (χ0n) is 30.2. The molecular formula is C36H49F3N8O7. The Labute approximate surface area is 311 Å². The Bertz CT molecular complexity index is 1590. The smallest absolute Gasteiger partial charge is 0.475 e. The predicted octanol–water partition coefficient (Wildman–Crippen LogP) is 2.41. The number of carbonyl (C=O) groups is 5. The van der Waals surface area contributed by atoms with E-state index in [1.165, 1.54) is 12.0 Å². The third-order valence-electron chi connectivity index (χ3n) is 8.69. The highest BCUT2D eigenvalue weighted by atomic mass is 19.4. The van der Waals surface area contributed by atoms with Crippen LogP contribution in [0.15, 0.2) is 54.6 Å². The number of alkyl halides is 3. The Balaban J connectivity index is 0.00000131. The standard InChI is InChI=1S/C34H48N8O5.C2HF3O2/c1-42(21-23-10-5-3-6-11-23)32(45)26(20-22-15-17-25(18-16-22)29(35)36)30(43)41-28(24-12-7-4-8-13-24)31(44)40-27(33(46)47-2)14-9-19-39-34(37)38;3-2(4,5)1(6)7/h3,5-6,10-11,15-18,24,26-28H,4,7-9,12-14,19-21H2,1-2H3,(H3,35,36)(H,40,44)(H,41,43)(H4,37,38,39);(H,6,7). The quantitative estimate of drug-likeness (QED) is 0.0408. The number of nitrogens with two attached hydrogens (primary N) is 2.